The maximum Gasteiger partial charge on any atom is 0.121 e. The molecule has 0 aliphatic heterocycles. The molecule has 0 radical (unpaired) electrons. The molecule has 0 saturated carbocycles. The summed E-state index contributed by atoms with van der Waals surface area (Å²) in [6, 6.07) is 0. The second-order valence-electron chi connectivity index (χ2n) is 2.53. The fourth-order valence-electron chi connectivity index (χ4n) is 1.09. The molecule has 1 heteroatoms. The highest BCUT2D eigenvalue weighted by molar-refractivity contribution is 5.39. The van der Waals surface area contributed by atoms with Crippen molar-refractivity contribution in [2.45, 2.75) is 19.8 Å². The van der Waals surface area contributed by atoms with Gasteiger partial charge in [-0.3, -0.25) is 0 Å². The Morgan fingerprint density at radius 3 is 2.90 bits per heavy atom. The van der Waals surface area contributed by atoms with E-state index in [0.29, 0.717) is 5.76 Å². The molecule has 0 fully saturated rings. The van der Waals surface area contributed by atoms with Gasteiger partial charge in [-0.1, -0.05) is 18.7 Å². The second kappa shape index (κ2) is 2.74. The largest absolute Gasteiger partial charge is 0.507 e. The van der Waals surface area contributed by atoms with Crippen molar-refractivity contribution in [1.82, 2.24) is 0 Å². The van der Waals surface area contributed by atoms with Gasteiger partial charge in [0.2, 0.25) is 0 Å². The summed E-state index contributed by atoms with van der Waals surface area (Å²) in [5.41, 5.74) is 1.95. The molecule has 10 heavy (non-hydrogen) atoms. The molecule has 0 bridgehead atoms. The smallest absolute Gasteiger partial charge is 0.121 e. The maximum absolute atomic E-state index is 9.38. The van der Waals surface area contributed by atoms with Crippen LogP contribution in [0.5, 0.6) is 0 Å². The molecule has 54 valence electrons. The molecule has 0 aromatic carbocycles. The highest BCUT2D eigenvalue weighted by atomic mass is 16.3. The van der Waals surface area contributed by atoms with Gasteiger partial charge in [0.25, 0.3) is 0 Å². The van der Waals surface area contributed by atoms with Crippen molar-refractivity contribution in [2.24, 2.45) is 0 Å². The van der Waals surface area contributed by atoms with E-state index in [-0.39, 0.29) is 0 Å². The van der Waals surface area contributed by atoms with Crippen molar-refractivity contribution in [3.05, 3.63) is 35.6 Å². The predicted octanol–water partition coefficient (Wildman–Crippen LogP) is 2.72. The molecule has 0 saturated heterocycles. The van der Waals surface area contributed by atoms with Crippen molar-refractivity contribution in [3.8, 4) is 0 Å². The zero-order chi connectivity index (χ0) is 7.56. The zero-order valence-corrected chi connectivity index (χ0v) is 6.22. The number of aliphatic hydroxyl groups is 1. The fraction of sp³-hybridized carbons (Fsp3) is 0.333. The van der Waals surface area contributed by atoms with Crippen molar-refractivity contribution in [3.63, 3.8) is 0 Å². The number of aliphatic hydroxyl groups excluding tert-OH is 1. The van der Waals surface area contributed by atoms with E-state index >= 15 is 0 Å². The highest BCUT2D eigenvalue weighted by Gasteiger charge is 2.07. The van der Waals surface area contributed by atoms with Gasteiger partial charge >= 0.3 is 0 Å². The molecule has 1 nitrogen and oxygen atoms in total. The van der Waals surface area contributed by atoms with Crippen LogP contribution in [0.25, 0.3) is 0 Å². The molecule has 0 unspecified atom stereocenters. The molecule has 1 aliphatic rings. The lowest BCUT2D eigenvalue weighted by molar-refractivity contribution is 0.413. The van der Waals surface area contributed by atoms with Crippen LogP contribution in [0.3, 0.4) is 0 Å². The van der Waals surface area contributed by atoms with Crippen LogP contribution < -0.4 is 0 Å². The molecule has 0 amide bonds. The average Bonchev–Trinajstić information content (AvgIpc) is 1.95. The number of allylic oxidation sites excluding steroid dienone is 3. The highest BCUT2D eigenvalue weighted by Crippen LogP contribution is 2.22. The van der Waals surface area contributed by atoms with E-state index in [2.05, 4.69) is 6.58 Å². The monoisotopic (exact) mass is 136 g/mol. The topological polar surface area (TPSA) is 20.2 Å². The molecule has 0 atom stereocenters. The summed E-state index contributed by atoms with van der Waals surface area (Å²) in [6.07, 6.45) is 5.70. The van der Waals surface area contributed by atoms with Crippen molar-refractivity contribution in [2.75, 3.05) is 0 Å². The number of hydrogen-bond donors (Lipinski definition) is 1. The molecular weight excluding hydrogens is 124 g/mol. The molecule has 0 spiro atoms. The van der Waals surface area contributed by atoms with Crippen molar-refractivity contribution in [1.29, 1.82) is 0 Å². The average molecular weight is 136 g/mol. The van der Waals surface area contributed by atoms with Gasteiger partial charge in [-0.15, -0.1) is 0 Å². The molecule has 1 N–H and O–H groups in total. The first-order valence-electron chi connectivity index (χ1n) is 3.47. The third kappa shape index (κ3) is 1.13. The van der Waals surface area contributed by atoms with Crippen molar-refractivity contribution >= 4 is 0 Å². The van der Waals surface area contributed by atoms with Gasteiger partial charge in [0.1, 0.15) is 5.76 Å². The van der Waals surface area contributed by atoms with Gasteiger partial charge in [0, 0.05) is 5.57 Å². The van der Waals surface area contributed by atoms with Crippen LogP contribution in [0, 0.1) is 0 Å². The summed E-state index contributed by atoms with van der Waals surface area (Å²) in [6.45, 7) is 5.56. The molecule has 1 aliphatic carbocycles. The van der Waals surface area contributed by atoms with Crippen LogP contribution in [0.1, 0.15) is 19.8 Å². The Kier molecular flexibility index (Phi) is 1.95. The minimum absolute atomic E-state index is 0.418. The van der Waals surface area contributed by atoms with Gasteiger partial charge in [0.15, 0.2) is 0 Å². The number of rotatable bonds is 1. The lowest BCUT2D eigenvalue weighted by atomic mass is 9.99. The van der Waals surface area contributed by atoms with Crippen LogP contribution in [0.4, 0.5) is 0 Å². The van der Waals surface area contributed by atoms with Crippen LogP contribution in [0.15, 0.2) is 35.6 Å². The van der Waals surface area contributed by atoms with Crippen molar-refractivity contribution < 1.29 is 5.11 Å². The lowest BCUT2D eigenvalue weighted by Crippen LogP contribution is -1.96. The zero-order valence-electron chi connectivity index (χ0n) is 6.22. The SMILES string of the molecule is C=CC1=CCCC(C)=C1O. The first kappa shape index (κ1) is 7.13. The Morgan fingerprint density at radius 2 is 2.40 bits per heavy atom. The van der Waals surface area contributed by atoms with E-state index in [1.165, 1.54) is 0 Å². The predicted molar refractivity (Wildman–Crippen MR) is 42.8 cm³/mol. The summed E-state index contributed by atoms with van der Waals surface area (Å²) < 4.78 is 0. The third-order valence-corrected chi connectivity index (χ3v) is 1.78. The Morgan fingerprint density at radius 1 is 1.70 bits per heavy atom. The molecule has 0 aromatic rings. The molecular formula is C9H12O. The Hall–Kier alpha value is -0.980. The van der Waals surface area contributed by atoms with E-state index in [4.69, 9.17) is 0 Å². The summed E-state index contributed by atoms with van der Waals surface area (Å²) in [7, 11) is 0. The van der Waals surface area contributed by atoms with E-state index in [1.807, 2.05) is 13.0 Å². The van der Waals surface area contributed by atoms with E-state index in [9.17, 15) is 5.11 Å². The van der Waals surface area contributed by atoms with Gasteiger partial charge in [0.05, 0.1) is 0 Å². The lowest BCUT2D eigenvalue weighted by Gasteiger charge is -2.11. The van der Waals surface area contributed by atoms with Crippen LogP contribution >= 0.6 is 0 Å². The minimum atomic E-state index is 0.418. The number of hydrogen-bond acceptors (Lipinski definition) is 1. The third-order valence-electron chi connectivity index (χ3n) is 1.78. The van der Waals surface area contributed by atoms with Crippen LogP contribution in [0.2, 0.25) is 0 Å². The quantitative estimate of drug-likeness (QED) is 0.587. The first-order valence-corrected chi connectivity index (χ1v) is 3.47. The molecule has 1 rings (SSSR count). The van der Waals surface area contributed by atoms with Gasteiger partial charge < -0.3 is 5.11 Å². The van der Waals surface area contributed by atoms with E-state index in [1.54, 1.807) is 6.08 Å². The normalized spacial score (nSPS) is 18.7. The van der Waals surface area contributed by atoms with E-state index < -0.39 is 0 Å². The van der Waals surface area contributed by atoms with Gasteiger partial charge in [-0.25, -0.2) is 0 Å². The van der Waals surface area contributed by atoms with Crippen LogP contribution in [-0.4, -0.2) is 5.11 Å². The second-order valence-corrected chi connectivity index (χ2v) is 2.53. The fourth-order valence-corrected chi connectivity index (χ4v) is 1.09. The minimum Gasteiger partial charge on any atom is -0.507 e. The Balaban J connectivity index is 2.94. The van der Waals surface area contributed by atoms with Crippen LogP contribution in [-0.2, 0) is 0 Å². The first-order chi connectivity index (χ1) is 4.75. The van der Waals surface area contributed by atoms with E-state index in [0.717, 1.165) is 24.0 Å². The summed E-state index contributed by atoms with van der Waals surface area (Å²) in [5, 5.41) is 9.38. The Labute approximate surface area is 61.4 Å². The summed E-state index contributed by atoms with van der Waals surface area (Å²) in [4.78, 5) is 0. The molecule has 0 aromatic heterocycles. The van der Waals surface area contributed by atoms with Gasteiger partial charge in [-0.05, 0) is 25.3 Å². The molecule has 0 heterocycles. The van der Waals surface area contributed by atoms with Gasteiger partial charge in [-0.2, -0.15) is 0 Å². The Bertz CT molecular complexity index is 209. The summed E-state index contributed by atoms with van der Waals surface area (Å²) in [5.74, 6) is 0.418. The summed E-state index contributed by atoms with van der Waals surface area (Å²) >= 11 is 0. The standard InChI is InChI=1S/C9H12O/c1-3-8-6-4-5-7(2)9(8)10/h3,6,10H,1,4-5H2,2H3. The maximum atomic E-state index is 9.38.